The molecule has 1 saturated carbocycles. The van der Waals surface area contributed by atoms with Crippen LogP contribution in [0.5, 0.6) is 0 Å². The van der Waals surface area contributed by atoms with Crippen molar-refractivity contribution in [2.75, 3.05) is 0 Å². The van der Waals surface area contributed by atoms with Gasteiger partial charge in [-0.05, 0) is 64.2 Å². The maximum Gasteiger partial charge on any atom is 0.471 e. The standard InChI is InChI=1S/C24H28BN3O4/c1-15-18-13-14-19(24(15,16-11-12-16)25-31-22(2,3)23(4,5)32-25)28-21(30)26(20(29)27(18)28)17-9-7-6-8-10-17/h6-10,13-14,16,18-19H,1,11-12H2,2-5H3. The molecule has 5 aliphatic rings. The number of aromatic nitrogens is 3. The van der Waals surface area contributed by atoms with Crippen molar-refractivity contribution in [3.63, 3.8) is 0 Å². The highest BCUT2D eigenvalue weighted by molar-refractivity contribution is 6.51. The number of rotatable bonds is 3. The molecule has 166 valence electrons. The number of benzene rings is 1. The van der Waals surface area contributed by atoms with Gasteiger partial charge in [0.1, 0.15) is 0 Å². The molecule has 0 amide bonds. The van der Waals surface area contributed by atoms with Gasteiger partial charge in [-0.2, -0.15) is 0 Å². The van der Waals surface area contributed by atoms with Crippen LogP contribution in [-0.4, -0.2) is 32.3 Å². The van der Waals surface area contributed by atoms with E-state index in [0.717, 1.165) is 18.4 Å². The van der Waals surface area contributed by atoms with E-state index in [4.69, 9.17) is 9.31 Å². The van der Waals surface area contributed by atoms with E-state index in [0.29, 0.717) is 5.69 Å². The topological polar surface area (TPSA) is 67.4 Å². The summed E-state index contributed by atoms with van der Waals surface area (Å²) in [6, 6.07) is 8.27. The second kappa shape index (κ2) is 6.05. The predicted molar refractivity (Wildman–Crippen MR) is 122 cm³/mol. The van der Waals surface area contributed by atoms with Crippen LogP contribution in [-0.2, 0) is 9.31 Å². The SMILES string of the molecule is C=C1C2C=CC(n3c(=O)n(-c4ccccc4)c(=O)n32)C1(B1OC(C)(C)C(C)(C)O1)C1CC1. The lowest BCUT2D eigenvalue weighted by Gasteiger charge is -2.51. The highest BCUT2D eigenvalue weighted by Crippen LogP contribution is 2.70. The number of fused-ring (bicyclic) bond motifs is 1. The first-order valence-electron chi connectivity index (χ1n) is 11.4. The first-order valence-corrected chi connectivity index (χ1v) is 11.4. The molecular formula is C24H28BN3O4. The lowest BCUT2D eigenvalue weighted by molar-refractivity contribution is 0.00578. The summed E-state index contributed by atoms with van der Waals surface area (Å²) in [6.07, 6.45) is 6.10. The fraction of sp³-hybridized carbons (Fsp3) is 0.500. The number of nitrogens with zero attached hydrogens (tertiary/aromatic N) is 3. The van der Waals surface area contributed by atoms with Gasteiger partial charge in [-0.3, -0.25) is 0 Å². The molecular weight excluding hydrogens is 405 g/mol. The molecule has 4 heterocycles. The van der Waals surface area contributed by atoms with E-state index in [1.54, 1.807) is 21.5 Å². The number of hydrogen-bond donors (Lipinski definition) is 0. The van der Waals surface area contributed by atoms with Gasteiger partial charge in [-0.25, -0.2) is 23.5 Å². The zero-order valence-corrected chi connectivity index (χ0v) is 18.9. The monoisotopic (exact) mass is 433 g/mol. The average Bonchev–Trinajstić information content (AvgIpc) is 3.51. The van der Waals surface area contributed by atoms with Gasteiger partial charge in [0.15, 0.2) is 0 Å². The molecule has 3 unspecified atom stereocenters. The van der Waals surface area contributed by atoms with Gasteiger partial charge in [0.05, 0.1) is 34.3 Å². The molecule has 2 aromatic rings. The third-order valence-electron chi connectivity index (χ3n) is 8.32. The molecule has 1 aromatic carbocycles. The summed E-state index contributed by atoms with van der Waals surface area (Å²) >= 11 is 0. The summed E-state index contributed by atoms with van der Waals surface area (Å²) in [6.45, 7) is 12.7. The normalized spacial score (nSPS) is 31.9. The van der Waals surface area contributed by atoms with Gasteiger partial charge < -0.3 is 9.31 Å². The molecule has 7 rings (SSSR count). The van der Waals surface area contributed by atoms with Gasteiger partial charge in [-0.15, -0.1) is 0 Å². The van der Waals surface area contributed by atoms with Crippen LogP contribution >= 0.6 is 0 Å². The smallest absolute Gasteiger partial charge is 0.403 e. The molecule has 1 saturated heterocycles. The fourth-order valence-corrected chi connectivity index (χ4v) is 5.81. The molecule has 1 aromatic heterocycles. The Morgan fingerprint density at radius 2 is 1.53 bits per heavy atom. The molecule has 7 nitrogen and oxygen atoms in total. The largest absolute Gasteiger partial charge is 0.471 e. The first kappa shape index (κ1) is 20.1. The average molecular weight is 433 g/mol. The first-order chi connectivity index (χ1) is 15.1. The molecule has 8 heteroatoms. The molecule has 32 heavy (non-hydrogen) atoms. The summed E-state index contributed by atoms with van der Waals surface area (Å²) in [4.78, 5) is 27.2. The van der Waals surface area contributed by atoms with Gasteiger partial charge >= 0.3 is 18.5 Å². The van der Waals surface area contributed by atoms with Crippen LogP contribution in [0, 0.1) is 5.92 Å². The van der Waals surface area contributed by atoms with Gasteiger partial charge in [-0.1, -0.05) is 36.9 Å². The Bertz CT molecular complexity index is 1260. The minimum Gasteiger partial charge on any atom is -0.403 e. The van der Waals surface area contributed by atoms with Crippen LogP contribution in [0.2, 0.25) is 5.31 Å². The van der Waals surface area contributed by atoms with Crippen molar-refractivity contribution in [2.24, 2.45) is 5.92 Å². The summed E-state index contributed by atoms with van der Waals surface area (Å²) < 4.78 is 17.6. The van der Waals surface area contributed by atoms with Crippen LogP contribution in [0.4, 0.5) is 0 Å². The van der Waals surface area contributed by atoms with E-state index in [1.807, 2.05) is 52.0 Å². The van der Waals surface area contributed by atoms with Crippen molar-refractivity contribution in [3.8, 4) is 5.69 Å². The molecule has 0 spiro atoms. The Labute approximate surface area is 187 Å². The zero-order chi connectivity index (χ0) is 22.6. The Hall–Kier alpha value is -2.58. The maximum absolute atomic E-state index is 13.7. The Balaban J connectivity index is 1.58. The second-order valence-electron chi connectivity index (χ2n) is 10.5. The van der Waals surface area contributed by atoms with Crippen LogP contribution in [0.3, 0.4) is 0 Å². The molecule has 0 radical (unpaired) electrons. The summed E-state index contributed by atoms with van der Waals surface area (Å²) in [7, 11) is -0.541. The maximum atomic E-state index is 13.7. The zero-order valence-electron chi connectivity index (χ0n) is 18.9. The summed E-state index contributed by atoms with van der Waals surface area (Å²) in [5.74, 6) is 0.290. The highest BCUT2D eigenvalue weighted by Gasteiger charge is 2.71. The van der Waals surface area contributed by atoms with Gasteiger partial charge in [0.25, 0.3) is 0 Å². The van der Waals surface area contributed by atoms with Crippen molar-refractivity contribution in [1.29, 1.82) is 0 Å². The molecule has 0 N–H and O–H groups in total. The van der Waals surface area contributed by atoms with E-state index >= 15 is 0 Å². The highest BCUT2D eigenvalue weighted by atomic mass is 16.7. The molecule has 2 aliphatic carbocycles. The minimum absolute atomic E-state index is 0.290. The Kier molecular flexibility index (Phi) is 3.80. The molecule has 2 bridgehead atoms. The van der Waals surface area contributed by atoms with Gasteiger partial charge in [0.2, 0.25) is 0 Å². The fourth-order valence-electron chi connectivity index (χ4n) is 5.81. The Morgan fingerprint density at radius 1 is 0.938 bits per heavy atom. The van der Waals surface area contributed by atoms with E-state index in [1.165, 1.54) is 4.57 Å². The number of para-hydroxylation sites is 1. The number of allylic oxidation sites excluding steroid dienone is 3. The van der Waals surface area contributed by atoms with E-state index < -0.39 is 35.7 Å². The van der Waals surface area contributed by atoms with E-state index in [-0.39, 0.29) is 17.3 Å². The van der Waals surface area contributed by atoms with Crippen LogP contribution < -0.4 is 11.4 Å². The molecule has 3 atom stereocenters. The van der Waals surface area contributed by atoms with Crippen molar-refractivity contribution in [2.45, 2.75) is 69.1 Å². The molecule has 3 aliphatic heterocycles. The van der Waals surface area contributed by atoms with Crippen molar-refractivity contribution >= 4 is 7.12 Å². The van der Waals surface area contributed by atoms with Crippen molar-refractivity contribution < 1.29 is 9.31 Å². The minimum atomic E-state index is -0.594. The lowest BCUT2D eigenvalue weighted by Crippen LogP contribution is -2.55. The van der Waals surface area contributed by atoms with Crippen molar-refractivity contribution in [1.82, 2.24) is 13.9 Å². The molecule has 2 fully saturated rings. The van der Waals surface area contributed by atoms with Crippen LogP contribution in [0.15, 0.2) is 64.2 Å². The van der Waals surface area contributed by atoms with Gasteiger partial charge in [0, 0.05) is 0 Å². The van der Waals surface area contributed by atoms with Crippen LogP contribution in [0.1, 0.15) is 52.6 Å². The van der Waals surface area contributed by atoms with E-state index in [2.05, 4.69) is 12.7 Å². The predicted octanol–water partition coefficient (Wildman–Crippen LogP) is 3.27. The summed E-state index contributed by atoms with van der Waals surface area (Å²) in [5, 5.41) is -0.594. The Morgan fingerprint density at radius 3 is 2.12 bits per heavy atom. The van der Waals surface area contributed by atoms with Crippen molar-refractivity contribution in [3.05, 3.63) is 75.6 Å². The number of hydrogen-bond acceptors (Lipinski definition) is 4. The summed E-state index contributed by atoms with van der Waals surface area (Å²) in [5.41, 5.74) is -0.218. The third kappa shape index (κ3) is 2.24. The van der Waals surface area contributed by atoms with Crippen LogP contribution in [0.25, 0.3) is 5.69 Å². The van der Waals surface area contributed by atoms with E-state index in [9.17, 15) is 9.59 Å². The third-order valence-corrected chi connectivity index (χ3v) is 8.32. The second-order valence-corrected chi connectivity index (χ2v) is 10.5. The quantitative estimate of drug-likeness (QED) is 0.551. The lowest BCUT2D eigenvalue weighted by atomic mass is 9.44.